The van der Waals surface area contributed by atoms with Gasteiger partial charge in [-0.15, -0.1) is 0 Å². The van der Waals surface area contributed by atoms with Gasteiger partial charge in [0, 0.05) is 25.7 Å². The standard InChI is InChI=1S/C27H28F3N3O4/c1-3-33-23(34)20-21(24(33)35)26(31-22(20)17-7-9-18(10-8-17)27(28,29)30)13-4-14-32(25(26)36)15-16-5-11-19(37-2)12-6-16/h5-12,20-22,31H,3-4,13-15H2,1-2H3/t20-,21-,22-,26-/m1/s1. The Labute approximate surface area is 212 Å². The van der Waals surface area contributed by atoms with Crippen LogP contribution in [0.5, 0.6) is 5.75 Å². The van der Waals surface area contributed by atoms with Crippen LogP contribution in [-0.4, -0.2) is 53.3 Å². The Morgan fingerprint density at radius 2 is 1.70 bits per heavy atom. The summed E-state index contributed by atoms with van der Waals surface area (Å²) in [5.41, 5.74) is -0.772. The molecule has 0 aromatic heterocycles. The summed E-state index contributed by atoms with van der Waals surface area (Å²) in [4.78, 5) is 43.7. The number of likely N-dealkylation sites (tertiary alicyclic amines) is 2. The van der Waals surface area contributed by atoms with E-state index in [9.17, 15) is 27.6 Å². The maximum Gasteiger partial charge on any atom is 0.416 e. The predicted octanol–water partition coefficient (Wildman–Crippen LogP) is 3.54. The van der Waals surface area contributed by atoms with Crippen LogP contribution in [0.15, 0.2) is 48.5 Å². The molecule has 3 amide bonds. The number of hydrogen-bond donors (Lipinski definition) is 1. The van der Waals surface area contributed by atoms with Crippen LogP contribution in [0.1, 0.15) is 42.5 Å². The molecule has 3 aliphatic heterocycles. The van der Waals surface area contributed by atoms with E-state index < -0.39 is 47.0 Å². The number of imide groups is 1. The minimum Gasteiger partial charge on any atom is -0.497 e. The van der Waals surface area contributed by atoms with E-state index in [1.54, 1.807) is 18.9 Å². The number of methoxy groups -OCH3 is 1. The number of amides is 3. The minimum atomic E-state index is -4.50. The smallest absolute Gasteiger partial charge is 0.416 e. The lowest BCUT2D eigenvalue weighted by atomic mass is 9.74. The molecule has 2 aromatic carbocycles. The molecular formula is C27H28F3N3O4. The van der Waals surface area contributed by atoms with Crippen molar-refractivity contribution in [3.05, 3.63) is 65.2 Å². The molecule has 3 saturated heterocycles. The van der Waals surface area contributed by atoms with E-state index in [4.69, 9.17) is 4.74 Å². The van der Waals surface area contributed by atoms with Gasteiger partial charge in [0.15, 0.2) is 0 Å². The molecule has 37 heavy (non-hydrogen) atoms. The van der Waals surface area contributed by atoms with Gasteiger partial charge in [0.1, 0.15) is 11.3 Å². The van der Waals surface area contributed by atoms with Crippen molar-refractivity contribution < 1.29 is 32.3 Å². The average molecular weight is 516 g/mol. The second kappa shape index (κ2) is 9.16. The van der Waals surface area contributed by atoms with Crippen molar-refractivity contribution in [2.24, 2.45) is 11.8 Å². The zero-order valence-electron chi connectivity index (χ0n) is 20.5. The number of piperidine rings is 1. The van der Waals surface area contributed by atoms with Crippen LogP contribution in [0, 0.1) is 11.8 Å². The summed E-state index contributed by atoms with van der Waals surface area (Å²) in [6, 6.07) is 11.2. The van der Waals surface area contributed by atoms with Crippen molar-refractivity contribution in [3.8, 4) is 5.75 Å². The first-order chi connectivity index (χ1) is 17.6. The highest BCUT2D eigenvalue weighted by Gasteiger charge is 2.68. The molecule has 1 N–H and O–H groups in total. The highest BCUT2D eigenvalue weighted by atomic mass is 19.4. The van der Waals surface area contributed by atoms with Crippen LogP contribution in [0.2, 0.25) is 0 Å². The number of carbonyl (C=O) groups excluding carboxylic acids is 3. The van der Waals surface area contributed by atoms with Crippen LogP contribution < -0.4 is 10.1 Å². The summed E-state index contributed by atoms with van der Waals surface area (Å²) in [6.07, 6.45) is -3.52. The Kier molecular flexibility index (Phi) is 6.26. The van der Waals surface area contributed by atoms with Crippen molar-refractivity contribution in [1.82, 2.24) is 15.1 Å². The fourth-order valence-electron chi connectivity index (χ4n) is 6.11. The van der Waals surface area contributed by atoms with E-state index in [-0.39, 0.29) is 12.5 Å². The van der Waals surface area contributed by atoms with Gasteiger partial charge < -0.3 is 9.64 Å². The lowest BCUT2D eigenvalue weighted by molar-refractivity contribution is -0.150. The number of rotatable bonds is 5. The quantitative estimate of drug-likeness (QED) is 0.617. The highest BCUT2D eigenvalue weighted by molar-refractivity contribution is 6.10. The predicted molar refractivity (Wildman–Crippen MR) is 127 cm³/mol. The largest absolute Gasteiger partial charge is 0.497 e. The van der Waals surface area contributed by atoms with Crippen LogP contribution in [-0.2, 0) is 27.1 Å². The van der Waals surface area contributed by atoms with Crippen LogP contribution >= 0.6 is 0 Å². The van der Waals surface area contributed by atoms with E-state index in [0.717, 1.165) is 17.7 Å². The topological polar surface area (TPSA) is 79.0 Å². The molecule has 3 fully saturated rings. The van der Waals surface area contributed by atoms with E-state index in [0.29, 0.717) is 37.2 Å². The molecular weight excluding hydrogens is 487 g/mol. The Balaban J connectivity index is 1.50. The zero-order chi connectivity index (χ0) is 26.5. The fourth-order valence-corrected chi connectivity index (χ4v) is 6.11. The van der Waals surface area contributed by atoms with Crippen molar-refractivity contribution in [2.45, 2.75) is 44.1 Å². The summed E-state index contributed by atoms with van der Waals surface area (Å²) >= 11 is 0. The van der Waals surface area contributed by atoms with E-state index in [1.165, 1.54) is 17.0 Å². The van der Waals surface area contributed by atoms with E-state index >= 15 is 0 Å². The molecule has 0 aliphatic carbocycles. The number of benzene rings is 2. The van der Waals surface area contributed by atoms with Gasteiger partial charge >= 0.3 is 6.18 Å². The first-order valence-corrected chi connectivity index (χ1v) is 12.3. The molecule has 3 heterocycles. The zero-order valence-corrected chi connectivity index (χ0v) is 20.5. The Morgan fingerprint density at radius 3 is 2.30 bits per heavy atom. The third-order valence-electron chi connectivity index (χ3n) is 7.86. The molecule has 2 aromatic rings. The molecule has 0 radical (unpaired) electrons. The van der Waals surface area contributed by atoms with Crippen LogP contribution in [0.3, 0.4) is 0 Å². The number of nitrogens with zero attached hydrogens (tertiary/aromatic N) is 2. The molecule has 196 valence electrons. The lowest BCUT2D eigenvalue weighted by Crippen LogP contribution is -2.63. The lowest BCUT2D eigenvalue weighted by Gasteiger charge is -2.42. The number of hydrogen-bond acceptors (Lipinski definition) is 5. The second-order valence-electron chi connectivity index (χ2n) is 9.82. The number of halogens is 3. The van der Waals surface area contributed by atoms with Crippen molar-refractivity contribution >= 4 is 17.7 Å². The maximum atomic E-state index is 14.0. The Hall–Kier alpha value is -3.40. The third-order valence-corrected chi connectivity index (χ3v) is 7.86. The van der Waals surface area contributed by atoms with E-state index in [1.807, 2.05) is 24.3 Å². The first-order valence-electron chi connectivity index (χ1n) is 12.3. The summed E-state index contributed by atoms with van der Waals surface area (Å²) in [5, 5.41) is 3.31. The number of ether oxygens (including phenoxy) is 1. The fraction of sp³-hybridized carbons (Fsp3) is 0.444. The molecule has 0 bridgehead atoms. The summed E-state index contributed by atoms with van der Waals surface area (Å²) in [6.45, 7) is 2.69. The molecule has 5 rings (SSSR count). The highest BCUT2D eigenvalue weighted by Crippen LogP contribution is 2.52. The Morgan fingerprint density at radius 1 is 1.03 bits per heavy atom. The second-order valence-corrected chi connectivity index (χ2v) is 9.82. The number of nitrogens with one attached hydrogen (secondary N) is 1. The molecule has 7 nitrogen and oxygen atoms in total. The summed E-state index contributed by atoms with van der Waals surface area (Å²) in [7, 11) is 1.57. The van der Waals surface area contributed by atoms with Crippen molar-refractivity contribution in [1.29, 1.82) is 0 Å². The Bertz CT molecular complexity index is 1210. The van der Waals surface area contributed by atoms with Gasteiger partial charge in [-0.05, 0) is 55.2 Å². The van der Waals surface area contributed by atoms with Gasteiger partial charge in [0.25, 0.3) is 0 Å². The van der Waals surface area contributed by atoms with Crippen molar-refractivity contribution in [3.63, 3.8) is 0 Å². The van der Waals surface area contributed by atoms with Gasteiger partial charge in [-0.25, -0.2) is 0 Å². The van der Waals surface area contributed by atoms with Gasteiger partial charge in [-0.3, -0.25) is 24.6 Å². The minimum absolute atomic E-state index is 0.171. The number of carbonyl (C=O) groups is 3. The first kappa shape index (κ1) is 25.3. The number of fused-ring (bicyclic) bond motifs is 2. The van der Waals surface area contributed by atoms with Crippen LogP contribution in [0.25, 0.3) is 0 Å². The summed E-state index contributed by atoms with van der Waals surface area (Å²) < 4.78 is 44.6. The monoisotopic (exact) mass is 515 g/mol. The van der Waals surface area contributed by atoms with Gasteiger partial charge in [-0.2, -0.15) is 13.2 Å². The van der Waals surface area contributed by atoms with Crippen molar-refractivity contribution in [2.75, 3.05) is 20.2 Å². The summed E-state index contributed by atoms with van der Waals surface area (Å²) in [5.74, 6) is -2.16. The van der Waals surface area contributed by atoms with Gasteiger partial charge in [0.05, 0.1) is 24.5 Å². The molecule has 0 unspecified atom stereocenters. The third kappa shape index (κ3) is 4.07. The number of alkyl halides is 3. The normalized spacial score (nSPS) is 27.8. The molecule has 1 spiro atoms. The molecule has 10 heteroatoms. The average Bonchev–Trinajstić information content (AvgIpc) is 3.35. The van der Waals surface area contributed by atoms with E-state index in [2.05, 4.69) is 5.32 Å². The SMILES string of the molecule is CCN1C(=O)[C@H]2[C@@H](c3ccc(C(F)(F)F)cc3)N[C@]3(CCCN(Cc4ccc(OC)cc4)C3=O)[C@H]2C1=O. The maximum absolute atomic E-state index is 14.0. The van der Waals surface area contributed by atoms with Gasteiger partial charge in [0.2, 0.25) is 17.7 Å². The molecule has 0 saturated carbocycles. The molecule has 3 aliphatic rings. The van der Waals surface area contributed by atoms with Crippen LogP contribution in [0.4, 0.5) is 13.2 Å². The molecule has 4 atom stereocenters. The van der Waals surface area contributed by atoms with Gasteiger partial charge in [-0.1, -0.05) is 24.3 Å².